The Morgan fingerprint density at radius 3 is 2.78 bits per heavy atom. The molecule has 0 radical (unpaired) electrons. The van der Waals surface area contributed by atoms with Crippen LogP contribution in [0.3, 0.4) is 0 Å². The lowest BCUT2D eigenvalue weighted by molar-refractivity contribution is -0.0385. The maximum Gasteiger partial charge on any atom is 0.337 e. The molecule has 0 bridgehead atoms. The molecule has 1 N–H and O–H groups in total. The van der Waals surface area contributed by atoms with Crippen LogP contribution in [0.1, 0.15) is 46.5 Å². The van der Waals surface area contributed by atoms with Gasteiger partial charge >= 0.3 is 5.97 Å². The average molecular weight is 371 g/mol. The Bertz CT molecular complexity index is 869. The molecule has 142 valence electrons. The normalized spacial score (nSPS) is 23.6. The van der Waals surface area contributed by atoms with Gasteiger partial charge in [-0.25, -0.2) is 9.18 Å². The number of rotatable bonds is 3. The molecule has 5 nitrogen and oxygen atoms in total. The van der Waals surface area contributed by atoms with Crippen LogP contribution < -0.4 is 10.1 Å². The molecule has 2 aliphatic heterocycles. The van der Waals surface area contributed by atoms with Crippen molar-refractivity contribution in [1.82, 2.24) is 0 Å². The van der Waals surface area contributed by atoms with E-state index >= 15 is 0 Å². The van der Waals surface area contributed by atoms with Gasteiger partial charge in [-0.05, 0) is 43.2 Å². The van der Waals surface area contributed by atoms with Crippen LogP contribution in [0.25, 0.3) is 0 Å². The van der Waals surface area contributed by atoms with Gasteiger partial charge in [-0.3, -0.25) is 0 Å². The number of esters is 1. The van der Waals surface area contributed by atoms with Gasteiger partial charge in [0.15, 0.2) is 0 Å². The summed E-state index contributed by atoms with van der Waals surface area (Å²) in [5.74, 6) is -0.0996. The molecule has 2 aliphatic rings. The van der Waals surface area contributed by atoms with Gasteiger partial charge in [0.25, 0.3) is 0 Å². The predicted molar refractivity (Wildman–Crippen MR) is 98.5 cm³/mol. The number of hydrogen-bond donors (Lipinski definition) is 1. The fraction of sp³-hybridized carbons (Fsp3) is 0.381. The summed E-state index contributed by atoms with van der Waals surface area (Å²) in [4.78, 5) is 11.7. The number of carbonyl (C=O) groups excluding carboxylic acids is 1. The fourth-order valence-corrected chi connectivity index (χ4v) is 4.11. The van der Waals surface area contributed by atoms with E-state index < -0.39 is 11.8 Å². The predicted octanol–water partition coefficient (Wildman–Crippen LogP) is 4.26. The van der Waals surface area contributed by atoms with Crippen LogP contribution in [-0.2, 0) is 9.47 Å². The van der Waals surface area contributed by atoms with E-state index in [1.165, 1.54) is 13.2 Å². The summed E-state index contributed by atoms with van der Waals surface area (Å²) in [6.45, 7) is 0.689. The Morgan fingerprint density at radius 1 is 1.19 bits per heavy atom. The molecule has 3 atom stereocenters. The summed E-state index contributed by atoms with van der Waals surface area (Å²) in [5.41, 5.74) is 2.70. The maximum absolute atomic E-state index is 14.9. The first kappa shape index (κ1) is 17.8. The van der Waals surface area contributed by atoms with Crippen LogP contribution >= 0.6 is 0 Å². The number of anilines is 1. The standard InChI is InChI=1S/C21H22FNO4/c1-25-13-6-8-18-16(11-13)20-15(4-3-9-27-20)19(23-18)14-7-5-12(10-17(14)22)21(24)26-2/h5-8,10-11,15,19-20,23H,3-4,9H2,1-2H3/t15-,19+,20-/m1/s1. The Balaban J connectivity index is 1.74. The van der Waals surface area contributed by atoms with Gasteiger partial charge in [0.1, 0.15) is 11.6 Å². The molecule has 0 aromatic heterocycles. The minimum absolute atomic E-state index is 0.0943. The zero-order valence-electron chi connectivity index (χ0n) is 15.3. The van der Waals surface area contributed by atoms with Crippen LogP contribution in [0.2, 0.25) is 0 Å². The van der Waals surface area contributed by atoms with Crippen LogP contribution in [0.4, 0.5) is 10.1 Å². The highest BCUT2D eigenvalue weighted by atomic mass is 19.1. The Kier molecular flexibility index (Phi) is 4.74. The molecule has 0 amide bonds. The SMILES string of the molecule is COC(=O)c1ccc([C@@H]2Nc3ccc(OC)cc3[C@@H]3OCCC[C@H]23)c(F)c1. The average Bonchev–Trinajstić information content (AvgIpc) is 2.72. The number of fused-ring (bicyclic) bond motifs is 3. The number of benzene rings is 2. The van der Waals surface area contributed by atoms with Gasteiger partial charge in [-0.2, -0.15) is 0 Å². The molecule has 27 heavy (non-hydrogen) atoms. The Morgan fingerprint density at radius 2 is 2.04 bits per heavy atom. The lowest BCUT2D eigenvalue weighted by atomic mass is 9.77. The van der Waals surface area contributed by atoms with Crippen LogP contribution in [0.5, 0.6) is 5.75 Å². The van der Waals surface area contributed by atoms with E-state index in [-0.39, 0.29) is 23.6 Å². The van der Waals surface area contributed by atoms with E-state index in [9.17, 15) is 9.18 Å². The minimum atomic E-state index is -0.548. The molecule has 1 saturated heterocycles. The zero-order chi connectivity index (χ0) is 19.0. The van der Waals surface area contributed by atoms with Crippen molar-refractivity contribution in [3.63, 3.8) is 0 Å². The summed E-state index contributed by atoms with van der Waals surface area (Å²) in [6, 6.07) is 10.1. The monoisotopic (exact) mass is 371 g/mol. The van der Waals surface area contributed by atoms with Gasteiger partial charge in [0.2, 0.25) is 0 Å². The summed E-state index contributed by atoms with van der Waals surface area (Å²) in [7, 11) is 2.92. The molecular formula is C21H22FNO4. The number of ether oxygens (including phenoxy) is 3. The second-order valence-corrected chi connectivity index (χ2v) is 6.90. The summed E-state index contributed by atoms with van der Waals surface area (Å²) < 4.78 is 31.0. The first-order valence-electron chi connectivity index (χ1n) is 9.06. The highest BCUT2D eigenvalue weighted by Gasteiger charge is 2.41. The van der Waals surface area contributed by atoms with Gasteiger partial charge in [0.05, 0.1) is 31.9 Å². The molecular weight excluding hydrogens is 349 g/mol. The van der Waals surface area contributed by atoms with Crippen molar-refractivity contribution < 1.29 is 23.4 Å². The third-order valence-corrected chi connectivity index (χ3v) is 5.43. The van der Waals surface area contributed by atoms with Crippen molar-refractivity contribution in [2.45, 2.75) is 25.0 Å². The number of methoxy groups -OCH3 is 2. The van der Waals surface area contributed by atoms with E-state index in [0.717, 1.165) is 29.8 Å². The van der Waals surface area contributed by atoms with Crippen LogP contribution in [0, 0.1) is 11.7 Å². The van der Waals surface area contributed by atoms with Crippen molar-refractivity contribution in [3.8, 4) is 5.75 Å². The minimum Gasteiger partial charge on any atom is -0.497 e. The number of hydrogen-bond acceptors (Lipinski definition) is 5. The molecule has 0 spiro atoms. The van der Waals surface area contributed by atoms with E-state index in [2.05, 4.69) is 10.1 Å². The van der Waals surface area contributed by atoms with Crippen molar-refractivity contribution in [2.75, 3.05) is 26.1 Å². The van der Waals surface area contributed by atoms with Crippen molar-refractivity contribution in [3.05, 3.63) is 58.9 Å². The molecule has 0 unspecified atom stereocenters. The maximum atomic E-state index is 14.9. The highest BCUT2D eigenvalue weighted by Crippen LogP contribution is 2.50. The molecule has 4 rings (SSSR count). The van der Waals surface area contributed by atoms with Gasteiger partial charge < -0.3 is 19.5 Å². The fourth-order valence-electron chi connectivity index (χ4n) is 4.11. The second-order valence-electron chi connectivity index (χ2n) is 6.90. The van der Waals surface area contributed by atoms with E-state index in [4.69, 9.17) is 9.47 Å². The molecule has 2 aromatic carbocycles. The van der Waals surface area contributed by atoms with Gasteiger partial charge in [-0.1, -0.05) is 6.07 Å². The smallest absolute Gasteiger partial charge is 0.337 e. The second kappa shape index (κ2) is 7.19. The van der Waals surface area contributed by atoms with Crippen LogP contribution in [0.15, 0.2) is 36.4 Å². The quantitative estimate of drug-likeness (QED) is 0.817. The van der Waals surface area contributed by atoms with Gasteiger partial charge in [0, 0.05) is 29.3 Å². The molecule has 2 heterocycles. The summed E-state index contributed by atoms with van der Waals surface area (Å²) in [6.07, 6.45) is 1.74. The lowest BCUT2D eigenvalue weighted by Crippen LogP contribution is -2.36. The molecule has 6 heteroatoms. The summed E-state index contributed by atoms with van der Waals surface area (Å²) >= 11 is 0. The highest BCUT2D eigenvalue weighted by molar-refractivity contribution is 5.89. The van der Waals surface area contributed by atoms with Crippen molar-refractivity contribution in [1.29, 1.82) is 0 Å². The first-order chi connectivity index (χ1) is 13.1. The molecule has 2 aromatic rings. The van der Waals surface area contributed by atoms with Crippen molar-refractivity contribution in [2.24, 2.45) is 5.92 Å². The molecule has 0 saturated carbocycles. The number of halogens is 1. The zero-order valence-corrected chi connectivity index (χ0v) is 15.3. The Labute approximate surface area is 157 Å². The largest absolute Gasteiger partial charge is 0.497 e. The van der Waals surface area contributed by atoms with E-state index in [1.54, 1.807) is 19.2 Å². The summed E-state index contributed by atoms with van der Waals surface area (Å²) in [5, 5.41) is 3.48. The molecule has 0 aliphatic carbocycles. The van der Waals surface area contributed by atoms with Crippen molar-refractivity contribution >= 4 is 11.7 Å². The van der Waals surface area contributed by atoms with E-state index in [0.29, 0.717) is 12.2 Å². The molecule has 1 fully saturated rings. The lowest BCUT2D eigenvalue weighted by Gasteiger charge is -2.43. The number of nitrogens with one attached hydrogen (secondary N) is 1. The topological polar surface area (TPSA) is 56.8 Å². The first-order valence-corrected chi connectivity index (χ1v) is 9.06. The Hall–Kier alpha value is -2.60. The number of carbonyl (C=O) groups is 1. The third-order valence-electron chi connectivity index (χ3n) is 5.43. The van der Waals surface area contributed by atoms with E-state index in [1.807, 2.05) is 18.2 Å². The van der Waals surface area contributed by atoms with Gasteiger partial charge in [-0.15, -0.1) is 0 Å². The third kappa shape index (κ3) is 3.14. The van der Waals surface area contributed by atoms with Crippen LogP contribution in [-0.4, -0.2) is 26.8 Å².